The zero-order chi connectivity index (χ0) is 14.9. The Hall–Kier alpha value is -1.33. The smallest absolute Gasteiger partial charge is 0.220 e. The minimum absolute atomic E-state index is 0.0786. The number of aryl methyl sites for hydroxylation is 1. The Morgan fingerprint density at radius 2 is 2.10 bits per heavy atom. The molecule has 0 fully saturated rings. The summed E-state index contributed by atoms with van der Waals surface area (Å²) in [5, 5.41) is 4.92. The molecule has 5 heteroatoms. The molecule has 0 radical (unpaired) electrons. The van der Waals surface area contributed by atoms with Gasteiger partial charge in [-0.25, -0.2) is 4.39 Å². The Bertz CT molecular complexity index is 557. The van der Waals surface area contributed by atoms with Crippen molar-refractivity contribution in [3.63, 3.8) is 0 Å². The third kappa shape index (κ3) is 5.89. The van der Waals surface area contributed by atoms with Crippen LogP contribution in [-0.4, -0.2) is 18.2 Å². The summed E-state index contributed by atoms with van der Waals surface area (Å²) >= 11 is 3.30. The maximum absolute atomic E-state index is 13.4. The summed E-state index contributed by atoms with van der Waals surface area (Å²) in [7, 11) is 0. The molecule has 0 unspecified atom stereocenters. The molecule has 1 aromatic carbocycles. The quantitative estimate of drug-likeness (QED) is 0.747. The molecule has 0 atom stereocenters. The molecular weight excluding hydrogens is 305 g/mol. The molecular formula is C16H18FNOS2. The molecule has 1 N–H and O–H groups in total. The fourth-order valence-electron chi connectivity index (χ4n) is 1.84. The second-order valence-electron chi connectivity index (χ2n) is 4.57. The van der Waals surface area contributed by atoms with E-state index < -0.39 is 0 Å². The summed E-state index contributed by atoms with van der Waals surface area (Å²) in [6.07, 6.45) is 1.32. The van der Waals surface area contributed by atoms with Gasteiger partial charge in [-0.05, 0) is 29.5 Å². The van der Waals surface area contributed by atoms with Gasteiger partial charge >= 0.3 is 0 Å². The van der Waals surface area contributed by atoms with Crippen molar-refractivity contribution in [3.05, 3.63) is 58.0 Å². The number of halogens is 1. The number of hydrogen-bond acceptors (Lipinski definition) is 3. The SMILES string of the molecule is O=C(CCc1cccs1)NCCSCc1ccccc1F. The number of carbonyl (C=O) groups excluding carboxylic acids is 1. The Kier molecular flexibility index (Phi) is 6.76. The largest absolute Gasteiger partial charge is 0.355 e. The van der Waals surface area contributed by atoms with Crippen molar-refractivity contribution in [1.29, 1.82) is 0 Å². The van der Waals surface area contributed by atoms with Crippen LogP contribution in [0.2, 0.25) is 0 Å². The highest BCUT2D eigenvalue weighted by atomic mass is 32.2. The van der Waals surface area contributed by atoms with Gasteiger partial charge in [0.2, 0.25) is 5.91 Å². The molecule has 1 amide bonds. The number of rotatable bonds is 8. The first-order chi connectivity index (χ1) is 10.3. The van der Waals surface area contributed by atoms with Crippen LogP contribution in [0.5, 0.6) is 0 Å². The van der Waals surface area contributed by atoms with E-state index in [0.717, 1.165) is 12.2 Å². The first-order valence-corrected chi connectivity index (χ1v) is 8.89. The number of carbonyl (C=O) groups is 1. The van der Waals surface area contributed by atoms with Crippen molar-refractivity contribution in [2.45, 2.75) is 18.6 Å². The number of amides is 1. The topological polar surface area (TPSA) is 29.1 Å². The molecule has 1 heterocycles. The average Bonchev–Trinajstić information content (AvgIpc) is 3.00. The van der Waals surface area contributed by atoms with Gasteiger partial charge in [-0.2, -0.15) is 11.8 Å². The van der Waals surface area contributed by atoms with Crippen LogP contribution in [0.15, 0.2) is 41.8 Å². The summed E-state index contributed by atoms with van der Waals surface area (Å²) < 4.78 is 13.4. The minimum Gasteiger partial charge on any atom is -0.355 e. The number of thioether (sulfide) groups is 1. The Morgan fingerprint density at radius 1 is 1.24 bits per heavy atom. The molecule has 0 saturated carbocycles. The Labute approximate surface area is 132 Å². The molecule has 112 valence electrons. The molecule has 2 rings (SSSR count). The van der Waals surface area contributed by atoms with Gasteiger partial charge < -0.3 is 5.32 Å². The third-order valence-electron chi connectivity index (χ3n) is 2.96. The van der Waals surface area contributed by atoms with Crippen molar-refractivity contribution in [2.24, 2.45) is 0 Å². The molecule has 0 bridgehead atoms. The van der Waals surface area contributed by atoms with Crippen LogP contribution in [-0.2, 0) is 17.0 Å². The van der Waals surface area contributed by atoms with Crippen LogP contribution >= 0.6 is 23.1 Å². The number of benzene rings is 1. The molecule has 0 spiro atoms. The predicted octanol–water partition coefficient (Wildman–Crippen LogP) is 3.87. The molecule has 2 nitrogen and oxygen atoms in total. The lowest BCUT2D eigenvalue weighted by molar-refractivity contribution is -0.120. The van der Waals surface area contributed by atoms with E-state index in [9.17, 15) is 9.18 Å². The van der Waals surface area contributed by atoms with Crippen LogP contribution in [0.4, 0.5) is 4.39 Å². The third-order valence-corrected chi connectivity index (χ3v) is 4.91. The van der Waals surface area contributed by atoms with E-state index >= 15 is 0 Å². The van der Waals surface area contributed by atoms with E-state index in [1.807, 2.05) is 23.6 Å². The molecule has 21 heavy (non-hydrogen) atoms. The molecule has 1 aromatic heterocycles. The zero-order valence-corrected chi connectivity index (χ0v) is 13.3. The van der Waals surface area contributed by atoms with E-state index in [-0.39, 0.29) is 11.7 Å². The summed E-state index contributed by atoms with van der Waals surface area (Å²) in [6, 6.07) is 10.8. The zero-order valence-electron chi connectivity index (χ0n) is 11.7. The average molecular weight is 323 g/mol. The maximum atomic E-state index is 13.4. The van der Waals surface area contributed by atoms with Crippen LogP contribution < -0.4 is 5.32 Å². The van der Waals surface area contributed by atoms with E-state index in [1.165, 1.54) is 10.9 Å². The van der Waals surface area contributed by atoms with Crippen molar-refractivity contribution >= 4 is 29.0 Å². The number of nitrogens with one attached hydrogen (secondary N) is 1. The molecule has 0 aliphatic rings. The van der Waals surface area contributed by atoms with Crippen LogP contribution in [0, 0.1) is 5.82 Å². The van der Waals surface area contributed by atoms with Crippen LogP contribution in [0.3, 0.4) is 0 Å². The highest BCUT2D eigenvalue weighted by molar-refractivity contribution is 7.98. The van der Waals surface area contributed by atoms with Crippen LogP contribution in [0.25, 0.3) is 0 Å². The van der Waals surface area contributed by atoms with Crippen molar-refractivity contribution in [1.82, 2.24) is 5.32 Å². The molecule has 0 aliphatic heterocycles. The first-order valence-electron chi connectivity index (χ1n) is 6.86. The van der Waals surface area contributed by atoms with Gasteiger partial charge in [-0.3, -0.25) is 4.79 Å². The van der Waals surface area contributed by atoms with E-state index in [1.54, 1.807) is 35.2 Å². The monoisotopic (exact) mass is 323 g/mol. The van der Waals surface area contributed by atoms with Gasteiger partial charge in [0.15, 0.2) is 0 Å². The lowest BCUT2D eigenvalue weighted by atomic mass is 10.2. The lowest BCUT2D eigenvalue weighted by Crippen LogP contribution is -2.25. The normalized spacial score (nSPS) is 10.5. The van der Waals surface area contributed by atoms with Crippen molar-refractivity contribution in [2.75, 3.05) is 12.3 Å². The Morgan fingerprint density at radius 3 is 2.86 bits per heavy atom. The summed E-state index contributed by atoms with van der Waals surface area (Å²) in [4.78, 5) is 12.9. The van der Waals surface area contributed by atoms with Crippen molar-refractivity contribution < 1.29 is 9.18 Å². The fraction of sp³-hybridized carbons (Fsp3) is 0.312. The summed E-state index contributed by atoms with van der Waals surface area (Å²) in [6.45, 7) is 0.627. The van der Waals surface area contributed by atoms with E-state index in [2.05, 4.69) is 5.32 Å². The molecule has 2 aromatic rings. The maximum Gasteiger partial charge on any atom is 0.220 e. The number of hydrogen-bond donors (Lipinski definition) is 1. The van der Waals surface area contributed by atoms with Gasteiger partial charge in [0, 0.05) is 29.3 Å². The standard InChI is InChI=1S/C16H18FNOS2/c17-15-6-2-1-4-13(15)12-20-11-9-18-16(19)8-7-14-5-3-10-21-14/h1-6,10H,7-9,11-12H2,(H,18,19). The van der Waals surface area contributed by atoms with Gasteiger partial charge in [-0.15, -0.1) is 11.3 Å². The molecule has 0 aliphatic carbocycles. The summed E-state index contributed by atoms with van der Waals surface area (Å²) in [5.41, 5.74) is 0.714. The second kappa shape index (κ2) is 8.85. The first kappa shape index (κ1) is 16.0. The van der Waals surface area contributed by atoms with Crippen molar-refractivity contribution in [3.8, 4) is 0 Å². The van der Waals surface area contributed by atoms with Gasteiger partial charge in [-0.1, -0.05) is 24.3 Å². The lowest BCUT2D eigenvalue weighted by Gasteiger charge is -2.05. The minimum atomic E-state index is -0.162. The molecule has 0 saturated heterocycles. The fourth-order valence-corrected chi connectivity index (χ4v) is 3.39. The van der Waals surface area contributed by atoms with Gasteiger partial charge in [0.1, 0.15) is 5.82 Å². The van der Waals surface area contributed by atoms with E-state index in [0.29, 0.717) is 24.3 Å². The van der Waals surface area contributed by atoms with Gasteiger partial charge in [0.05, 0.1) is 0 Å². The van der Waals surface area contributed by atoms with Crippen LogP contribution in [0.1, 0.15) is 16.9 Å². The summed E-state index contributed by atoms with van der Waals surface area (Å²) in [5.74, 6) is 1.34. The second-order valence-corrected chi connectivity index (χ2v) is 6.71. The highest BCUT2D eigenvalue weighted by Gasteiger charge is 2.03. The Balaban J connectivity index is 1.55. The highest BCUT2D eigenvalue weighted by Crippen LogP contribution is 2.14. The van der Waals surface area contributed by atoms with Gasteiger partial charge in [0.25, 0.3) is 0 Å². The predicted molar refractivity (Wildman–Crippen MR) is 88.2 cm³/mol. The number of thiophene rings is 1. The van der Waals surface area contributed by atoms with E-state index in [4.69, 9.17) is 0 Å².